The van der Waals surface area contributed by atoms with Gasteiger partial charge in [-0.2, -0.15) is 0 Å². The van der Waals surface area contributed by atoms with E-state index in [9.17, 15) is 4.79 Å². The summed E-state index contributed by atoms with van der Waals surface area (Å²) in [7, 11) is 0. The van der Waals surface area contributed by atoms with Crippen molar-refractivity contribution in [3.8, 4) is 11.3 Å². The topological polar surface area (TPSA) is 59.3 Å². The predicted molar refractivity (Wildman–Crippen MR) is 103 cm³/mol. The molecule has 1 N–H and O–H groups in total. The standard InChI is InChI=1S/C21H24N4O/c26-20(12-7-16-5-2-1-3-6-16)23-18-10-8-17(9-11-18)19-15-25-14-4-13-22-21(25)24-19/h4,8-11,13-16H,1-3,5-7,12H2,(H,23,26). The molecular weight excluding hydrogens is 324 g/mol. The summed E-state index contributed by atoms with van der Waals surface area (Å²) in [4.78, 5) is 20.9. The summed E-state index contributed by atoms with van der Waals surface area (Å²) in [6.45, 7) is 0. The van der Waals surface area contributed by atoms with Crippen molar-refractivity contribution in [3.63, 3.8) is 0 Å². The van der Waals surface area contributed by atoms with Crippen molar-refractivity contribution in [3.05, 3.63) is 48.9 Å². The lowest BCUT2D eigenvalue weighted by molar-refractivity contribution is -0.116. The van der Waals surface area contributed by atoms with E-state index in [0.29, 0.717) is 12.2 Å². The third kappa shape index (κ3) is 3.93. The molecule has 134 valence electrons. The predicted octanol–water partition coefficient (Wildman–Crippen LogP) is 4.70. The molecule has 4 rings (SSSR count). The van der Waals surface area contributed by atoms with Gasteiger partial charge in [0.05, 0.1) is 5.69 Å². The van der Waals surface area contributed by atoms with E-state index < -0.39 is 0 Å². The largest absolute Gasteiger partial charge is 0.326 e. The van der Waals surface area contributed by atoms with E-state index in [1.807, 2.05) is 47.1 Å². The molecule has 1 amide bonds. The van der Waals surface area contributed by atoms with Crippen LogP contribution in [0.4, 0.5) is 5.69 Å². The Hall–Kier alpha value is -2.69. The lowest BCUT2D eigenvalue weighted by Gasteiger charge is -2.21. The molecule has 0 bridgehead atoms. The van der Waals surface area contributed by atoms with Gasteiger partial charge in [-0.1, -0.05) is 44.2 Å². The molecule has 0 radical (unpaired) electrons. The van der Waals surface area contributed by atoms with E-state index in [1.165, 1.54) is 32.1 Å². The van der Waals surface area contributed by atoms with Crippen molar-refractivity contribution in [2.45, 2.75) is 44.9 Å². The molecule has 0 atom stereocenters. The maximum Gasteiger partial charge on any atom is 0.234 e. The summed E-state index contributed by atoms with van der Waals surface area (Å²) in [5.41, 5.74) is 2.72. The zero-order chi connectivity index (χ0) is 17.8. The number of hydrogen-bond acceptors (Lipinski definition) is 3. The van der Waals surface area contributed by atoms with E-state index in [1.54, 1.807) is 6.20 Å². The van der Waals surface area contributed by atoms with Gasteiger partial charge in [-0.25, -0.2) is 9.97 Å². The first kappa shape index (κ1) is 16.8. The minimum Gasteiger partial charge on any atom is -0.326 e. The fourth-order valence-electron chi connectivity index (χ4n) is 3.73. The van der Waals surface area contributed by atoms with Crippen molar-refractivity contribution in [1.82, 2.24) is 14.4 Å². The fraction of sp³-hybridized carbons (Fsp3) is 0.381. The monoisotopic (exact) mass is 348 g/mol. The molecular formula is C21H24N4O. The molecule has 0 unspecified atom stereocenters. The molecule has 1 aliphatic rings. The molecule has 5 nitrogen and oxygen atoms in total. The summed E-state index contributed by atoms with van der Waals surface area (Å²) in [6.07, 6.45) is 13.8. The van der Waals surface area contributed by atoms with E-state index >= 15 is 0 Å². The number of amides is 1. The van der Waals surface area contributed by atoms with Gasteiger partial charge in [0, 0.05) is 36.3 Å². The van der Waals surface area contributed by atoms with Gasteiger partial charge < -0.3 is 5.32 Å². The van der Waals surface area contributed by atoms with Crippen LogP contribution in [-0.4, -0.2) is 20.3 Å². The molecule has 1 aromatic carbocycles. The van der Waals surface area contributed by atoms with Crippen molar-refractivity contribution in [1.29, 1.82) is 0 Å². The second-order valence-electron chi connectivity index (χ2n) is 7.12. The molecule has 1 aliphatic carbocycles. The number of nitrogens with one attached hydrogen (secondary N) is 1. The Morgan fingerprint density at radius 3 is 2.73 bits per heavy atom. The Kier molecular flexibility index (Phi) is 4.95. The number of hydrogen-bond donors (Lipinski definition) is 1. The molecule has 5 heteroatoms. The first-order valence-electron chi connectivity index (χ1n) is 9.48. The normalized spacial score (nSPS) is 15.2. The Labute approximate surface area is 153 Å². The van der Waals surface area contributed by atoms with Crippen LogP contribution >= 0.6 is 0 Å². The van der Waals surface area contributed by atoms with Gasteiger partial charge in [-0.3, -0.25) is 9.20 Å². The summed E-state index contributed by atoms with van der Waals surface area (Å²) < 4.78 is 1.90. The number of rotatable bonds is 5. The minimum absolute atomic E-state index is 0.111. The lowest BCUT2D eigenvalue weighted by atomic mass is 9.86. The first-order valence-corrected chi connectivity index (χ1v) is 9.48. The Bertz CT molecular complexity index is 845. The highest BCUT2D eigenvalue weighted by molar-refractivity contribution is 5.90. The van der Waals surface area contributed by atoms with Gasteiger partial charge in [0.15, 0.2) is 0 Å². The van der Waals surface area contributed by atoms with Gasteiger partial charge in [0.1, 0.15) is 0 Å². The Morgan fingerprint density at radius 1 is 1.15 bits per heavy atom. The number of benzene rings is 1. The lowest BCUT2D eigenvalue weighted by Crippen LogP contribution is -2.14. The fourth-order valence-corrected chi connectivity index (χ4v) is 3.73. The van der Waals surface area contributed by atoms with Crippen molar-refractivity contribution < 1.29 is 4.79 Å². The molecule has 0 aliphatic heterocycles. The van der Waals surface area contributed by atoms with Crippen molar-refractivity contribution in [2.24, 2.45) is 5.92 Å². The van der Waals surface area contributed by atoms with Crippen LogP contribution in [0.3, 0.4) is 0 Å². The number of imidazole rings is 1. The molecule has 0 spiro atoms. The maximum absolute atomic E-state index is 12.2. The molecule has 26 heavy (non-hydrogen) atoms. The molecule has 1 saturated carbocycles. The Morgan fingerprint density at radius 2 is 1.96 bits per heavy atom. The van der Waals surface area contributed by atoms with Crippen LogP contribution in [-0.2, 0) is 4.79 Å². The Balaban J connectivity index is 1.35. The van der Waals surface area contributed by atoms with Gasteiger partial charge in [0.2, 0.25) is 11.7 Å². The zero-order valence-corrected chi connectivity index (χ0v) is 14.9. The number of anilines is 1. The number of carbonyl (C=O) groups excluding carboxylic acids is 1. The summed E-state index contributed by atoms with van der Waals surface area (Å²) in [5.74, 6) is 1.53. The van der Waals surface area contributed by atoms with Crippen molar-refractivity contribution in [2.75, 3.05) is 5.32 Å². The first-order chi connectivity index (χ1) is 12.8. The van der Waals surface area contributed by atoms with Gasteiger partial charge in [-0.15, -0.1) is 0 Å². The molecule has 1 fully saturated rings. The number of carbonyl (C=O) groups is 1. The van der Waals surface area contributed by atoms with Crippen LogP contribution in [0.15, 0.2) is 48.9 Å². The van der Waals surface area contributed by atoms with Gasteiger partial charge in [0.25, 0.3) is 0 Å². The highest BCUT2D eigenvalue weighted by atomic mass is 16.1. The summed E-state index contributed by atoms with van der Waals surface area (Å²) in [6, 6.07) is 9.72. The highest BCUT2D eigenvalue weighted by Gasteiger charge is 2.15. The van der Waals surface area contributed by atoms with Gasteiger partial charge >= 0.3 is 0 Å². The minimum atomic E-state index is 0.111. The second-order valence-corrected chi connectivity index (χ2v) is 7.12. The zero-order valence-electron chi connectivity index (χ0n) is 14.9. The van der Waals surface area contributed by atoms with Crippen LogP contribution in [0, 0.1) is 5.92 Å². The quantitative estimate of drug-likeness (QED) is 0.727. The average Bonchev–Trinajstić information content (AvgIpc) is 3.12. The maximum atomic E-state index is 12.2. The number of fused-ring (bicyclic) bond motifs is 1. The molecule has 2 aromatic heterocycles. The SMILES string of the molecule is O=C(CCC1CCCCC1)Nc1ccc(-c2cn3cccnc3n2)cc1. The van der Waals surface area contributed by atoms with E-state index in [4.69, 9.17) is 0 Å². The third-order valence-electron chi connectivity index (χ3n) is 5.20. The highest BCUT2D eigenvalue weighted by Crippen LogP contribution is 2.27. The number of aromatic nitrogens is 3. The molecule has 3 aromatic rings. The van der Waals surface area contributed by atoms with Crippen molar-refractivity contribution >= 4 is 17.4 Å². The third-order valence-corrected chi connectivity index (χ3v) is 5.20. The van der Waals surface area contributed by atoms with Crippen LogP contribution in [0.25, 0.3) is 17.0 Å². The van der Waals surface area contributed by atoms with E-state index in [-0.39, 0.29) is 5.91 Å². The van der Waals surface area contributed by atoms with Crippen LogP contribution in [0.2, 0.25) is 0 Å². The van der Waals surface area contributed by atoms with E-state index in [2.05, 4.69) is 15.3 Å². The average molecular weight is 348 g/mol. The summed E-state index contributed by atoms with van der Waals surface area (Å²) >= 11 is 0. The van der Waals surface area contributed by atoms with Gasteiger partial charge in [-0.05, 0) is 30.5 Å². The van der Waals surface area contributed by atoms with E-state index in [0.717, 1.165) is 29.3 Å². The van der Waals surface area contributed by atoms with Crippen LogP contribution in [0.1, 0.15) is 44.9 Å². The van der Waals surface area contributed by atoms with Crippen LogP contribution in [0.5, 0.6) is 0 Å². The molecule has 2 heterocycles. The molecule has 0 saturated heterocycles. The number of nitrogens with zero attached hydrogens (tertiary/aromatic N) is 3. The smallest absolute Gasteiger partial charge is 0.234 e. The van der Waals surface area contributed by atoms with Crippen LogP contribution < -0.4 is 5.32 Å². The second kappa shape index (κ2) is 7.68. The summed E-state index contributed by atoms with van der Waals surface area (Å²) in [5, 5.41) is 3.01.